The van der Waals surface area contributed by atoms with E-state index in [-0.39, 0.29) is 18.4 Å². The van der Waals surface area contributed by atoms with E-state index in [0.29, 0.717) is 23.0 Å². The highest BCUT2D eigenvalue weighted by molar-refractivity contribution is 5.97. The molecule has 0 unspecified atom stereocenters. The van der Waals surface area contributed by atoms with Gasteiger partial charge < -0.3 is 21.1 Å². The van der Waals surface area contributed by atoms with Crippen LogP contribution in [-0.4, -0.2) is 31.5 Å². The highest BCUT2D eigenvalue weighted by atomic mass is 16.5. The number of nitrogen functional groups attached to an aromatic ring is 1. The summed E-state index contributed by atoms with van der Waals surface area (Å²) in [6, 6.07) is 5.02. The van der Waals surface area contributed by atoms with E-state index in [9.17, 15) is 9.59 Å². The first-order valence-electron chi connectivity index (χ1n) is 6.11. The quantitative estimate of drug-likeness (QED) is 0.665. The molecule has 19 heavy (non-hydrogen) atoms. The van der Waals surface area contributed by atoms with Gasteiger partial charge in [-0.1, -0.05) is 0 Å². The molecule has 6 nitrogen and oxygen atoms in total. The van der Waals surface area contributed by atoms with Gasteiger partial charge in [-0.25, -0.2) is 0 Å². The van der Waals surface area contributed by atoms with E-state index in [1.165, 1.54) is 7.11 Å². The Morgan fingerprint density at radius 3 is 2.79 bits per heavy atom. The van der Waals surface area contributed by atoms with Crippen molar-refractivity contribution < 1.29 is 14.3 Å². The largest absolute Gasteiger partial charge is 0.495 e. The number of ether oxygens (including phenoxy) is 1. The fraction of sp³-hybridized carbons (Fsp3) is 0.385. The zero-order chi connectivity index (χ0) is 13.8. The lowest BCUT2D eigenvalue weighted by Crippen LogP contribution is -2.37. The van der Waals surface area contributed by atoms with E-state index in [0.717, 1.165) is 12.8 Å². The Hall–Kier alpha value is -2.24. The molecule has 0 saturated heterocycles. The van der Waals surface area contributed by atoms with Crippen molar-refractivity contribution >= 4 is 17.5 Å². The normalized spacial score (nSPS) is 13.7. The molecule has 2 rings (SSSR count). The third-order valence-electron chi connectivity index (χ3n) is 2.85. The van der Waals surface area contributed by atoms with Crippen LogP contribution < -0.4 is 21.1 Å². The number of nitrogens with two attached hydrogens (primary N) is 1. The van der Waals surface area contributed by atoms with Gasteiger partial charge in [0, 0.05) is 11.6 Å². The number of amides is 2. The number of nitrogens with one attached hydrogen (secondary N) is 2. The third-order valence-corrected chi connectivity index (χ3v) is 2.85. The second-order valence-electron chi connectivity index (χ2n) is 4.48. The predicted octanol–water partition coefficient (Wildman–Crippen LogP) is 0.286. The molecule has 1 aromatic rings. The van der Waals surface area contributed by atoms with E-state index in [4.69, 9.17) is 10.5 Å². The van der Waals surface area contributed by atoms with E-state index in [1.807, 2.05) is 0 Å². The number of rotatable bonds is 5. The van der Waals surface area contributed by atoms with Crippen LogP contribution >= 0.6 is 0 Å². The second-order valence-corrected chi connectivity index (χ2v) is 4.48. The van der Waals surface area contributed by atoms with Crippen LogP contribution in [-0.2, 0) is 4.79 Å². The molecule has 1 saturated carbocycles. The molecule has 1 aromatic carbocycles. The van der Waals surface area contributed by atoms with Gasteiger partial charge in [0.15, 0.2) is 0 Å². The van der Waals surface area contributed by atoms with Crippen LogP contribution in [0, 0.1) is 0 Å². The number of carbonyl (C=O) groups excluding carboxylic acids is 2. The summed E-state index contributed by atoms with van der Waals surface area (Å²) in [7, 11) is 1.48. The lowest BCUT2D eigenvalue weighted by atomic mass is 10.2. The Morgan fingerprint density at radius 1 is 1.42 bits per heavy atom. The molecule has 0 heterocycles. The van der Waals surface area contributed by atoms with E-state index in [2.05, 4.69) is 10.6 Å². The number of hydrogen-bond acceptors (Lipinski definition) is 4. The average Bonchev–Trinajstić information content (AvgIpc) is 3.20. The van der Waals surface area contributed by atoms with Gasteiger partial charge in [0.25, 0.3) is 5.91 Å². The highest BCUT2D eigenvalue weighted by Crippen LogP contribution is 2.22. The molecule has 0 aliphatic heterocycles. The van der Waals surface area contributed by atoms with Gasteiger partial charge in [0.1, 0.15) is 5.75 Å². The lowest BCUT2D eigenvalue weighted by Gasteiger charge is -2.08. The zero-order valence-corrected chi connectivity index (χ0v) is 10.7. The Bertz CT molecular complexity index is 498. The number of anilines is 1. The maximum atomic E-state index is 11.8. The minimum Gasteiger partial charge on any atom is -0.495 e. The van der Waals surface area contributed by atoms with Crippen molar-refractivity contribution in [3.05, 3.63) is 23.8 Å². The zero-order valence-electron chi connectivity index (χ0n) is 10.7. The van der Waals surface area contributed by atoms with Crippen LogP contribution in [0.25, 0.3) is 0 Å². The van der Waals surface area contributed by atoms with Crippen molar-refractivity contribution in [2.75, 3.05) is 19.4 Å². The molecule has 0 spiro atoms. The SMILES string of the molecule is COc1cc(C(=O)NCC(=O)NC2CC2)ccc1N. The van der Waals surface area contributed by atoms with Crippen molar-refractivity contribution in [3.8, 4) is 5.75 Å². The predicted molar refractivity (Wildman–Crippen MR) is 70.9 cm³/mol. The van der Waals surface area contributed by atoms with Crippen LogP contribution in [0.15, 0.2) is 18.2 Å². The van der Waals surface area contributed by atoms with Gasteiger partial charge in [-0.2, -0.15) is 0 Å². The second kappa shape index (κ2) is 5.60. The number of methoxy groups -OCH3 is 1. The Labute approximate surface area is 111 Å². The van der Waals surface area contributed by atoms with Crippen LogP contribution in [0.4, 0.5) is 5.69 Å². The van der Waals surface area contributed by atoms with Crippen molar-refractivity contribution in [2.24, 2.45) is 0 Å². The molecular weight excluding hydrogens is 246 g/mol. The molecule has 1 aliphatic rings. The first-order chi connectivity index (χ1) is 9.10. The van der Waals surface area contributed by atoms with Gasteiger partial charge in [-0.05, 0) is 31.0 Å². The summed E-state index contributed by atoms with van der Waals surface area (Å²) in [5.41, 5.74) is 6.53. The first kappa shape index (κ1) is 13.2. The summed E-state index contributed by atoms with van der Waals surface area (Å²) >= 11 is 0. The van der Waals surface area contributed by atoms with Crippen LogP contribution in [0.3, 0.4) is 0 Å². The number of carbonyl (C=O) groups is 2. The molecule has 0 radical (unpaired) electrons. The minimum absolute atomic E-state index is 0.0258. The number of benzene rings is 1. The van der Waals surface area contributed by atoms with Gasteiger partial charge in [-0.15, -0.1) is 0 Å². The van der Waals surface area contributed by atoms with Gasteiger partial charge in [-0.3, -0.25) is 9.59 Å². The minimum atomic E-state index is -0.329. The maximum Gasteiger partial charge on any atom is 0.251 e. The van der Waals surface area contributed by atoms with Crippen LogP contribution in [0.5, 0.6) is 5.75 Å². The molecule has 4 N–H and O–H groups in total. The molecule has 1 aliphatic carbocycles. The van der Waals surface area contributed by atoms with Gasteiger partial charge >= 0.3 is 0 Å². The Balaban J connectivity index is 1.89. The summed E-state index contributed by atoms with van der Waals surface area (Å²) < 4.78 is 5.04. The fourth-order valence-electron chi connectivity index (χ4n) is 1.62. The van der Waals surface area contributed by atoms with E-state index < -0.39 is 0 Å². The van der Waals surface area contributed by atoms with Crippen LogP contribution in [0.2, 0.25) is 0 Å². The lowest BCUT2D eigenvalue weighted by molar-refractivity contribution is -0.120. The van der Waals surface area contributed by atoms with Crippen molar-refractivity contribution in [1.82, 2.24) is 10.6 Å². The van der Waals surface area contributed by atoms with Crippen molar-refractivity contribution in [1.29, 1.82) is 0 Å². The fourth-order valence-corrected chi connectivity index (χ4v) is 1.62. The van der Waals surface area contributed by atoms with E-state index in [1.54, 1.807) is 18.2 Å². The van der Waals surface area contributed by atoms with Crippen LogP contribution in [0.1, 0.15) is 23.2 Å². The van der Waals surface area contributed by atoms with E-state index >= 15 is 0 Å². The molecule has 1 fully saturated rings. The smallest absolute Gasteiger partial charge is 0.251 e. The number of hydrogen-bond donors (Lipinski definition) is 3. The highest BCUT2D eigenvalue weighted by Gasteiger charge is 2.23. The molecular formula is C13H17N3O3. The monoisotopic (exact) mass is 263 g/mol. The standard InChI is InChI=1S/C13H17N3O3/c1-19-11-6-8(2-5-10(11)14)13(18)15-7-12(17)16-9-3-4-9/h2,5-6,9H,3-4,7,14H2,1H3,(H,15,18)(H,16,17). The van der Waals surface area contributed by atoms with Gasteiger partial charge in [0.2, 0.25) is 5.91 Å². The third kappa shape index (κ3) is 3.61. The van der Waals surface area contributed by atoms with Crippen molar-refractivity contribution in [2.45, 2.75) is 18.9 Å². The Kier molecular flexibility index (Phi) is 3.89. The topological polar surface area (TPSA) is 93.4 Å². The Morgan fingerprint density at radius 2 is 2.16 bits per heavy atom. The average molecular weight is 263 g/mol. The first-order valence-corrected chi connectivity index (χ1v) is 6.11. The molecule has 0 bridgehead atoms. The molecule has 2 amide bonds. The van der Waals surface area contributed by atoms with Gasteiger partial charge in [0.05, 0.1) is 19.3 Å². The maximum absolute atomic E-state index is 11.8. The van der Waals surface area contributed by atoms with Crippen molar-refractivity contribution in [3.63, 3.8) is 0 Å². The molecule has 0 atom stereocenters. The molecule has 0 aromatic heterocycles. The summed E-state index contributed by atoms with van der Waals surface area (Å²) in [6.45, 7) is -0.0258. The molecule has 6 heteroatoms. The summed E-state index contributed by atoms with van der Waals surface area (Å²) in [4.78, 5) is 23.3. The summed E-state index contributed by atoms with van der Waals surface area (Å²) in [6.07, 6.45) is 2.05. The molecule has 102 valence electrons. The summed E-state index contributed by atoms with van der Waals surface area (Å²) in [5.74, 6) is -0.0578. The summed E-state index contributed by atoms with van der Waals surface area (Å²) in [5, 5.41) is 5.35.